The van der Waals surface area contributed by atoms with Crippen LogP contribution in [0.4, 0.5) is 0 Å². The van der Waals surface area contributed by atoms with Crippen molar-refractivity contribution in [3.63, 3.8) is 0 Å². The summed E-state index contributed by atoms with van der Waals surface area (Å²) in [5.74, 6) is 4.92. The lowest BCUT2D eigenvalue weighted by atomic mass is 9.40. The van der Waals surface area contributed by atoms with Gasteiger partial charge in [-0.05, 0) is 173 Å². The summed E-state index contributed by atoms with van der Waals surface area (Å²) in [6.07, 6.45) is 21.5. The SMILES string of the molecule is CC(C)(C)C12CC3CC(CC(NC(=O)C45CC6CC(C4)CC(C(=O)NC47CC8CC(C4)CC(C(C)(C)C)(C8)C7)(C6)C5)(C3)C1)C2. The van der Waals surface area contributed by atoms with E-state index in [9.17, 15) is 9.59 Å². The second kappa shape index (κ2) is 8.50. The van der Waals surface area contributed by atoms with Crippen molar-refractivity contribution in [1.29, 1.82) is 0 Å². The van der Waals surface area contributed by atoms with Crippen LogP contribution in [0.2, 0.25) is 0 Å². The normalized spacial score (nSPS) is 54.6. The molecule has 0 aliphatic heterocycles. The fourth-order valence-corrected chi connectivity index (χ4v) is 16.1. The van der Waals surface area contributed by atoms with Crippen LogP contribution in [0.15, 0.2) is 0 Å². The number of hydrogen-bond acceptors (Lipinski definition) is 2. The zero-order chi connectivity index (χ0) is 30.8. The molecular weight excluding hydrogens is 540 g/mol. The molecule has 0 aromatic carbocycles. The Morgan fingerprint density at radius 1 is 0.455 bits per heavy atom. The number of rotatable bonds is 4. The van der Waals surface area contributed by atoms with Gasteiger partial charge in [0.15, 0.2) is 0 Å². The second-order valence-corrected chi connectivity index (χ2v) is 22.0. The summed E-state index contributed by atoms with van der Waals surface area (Å²) < 4.78 is 0. The van der Waals surface area contributed by atoms with E-state index in [1.54, 1.807) is 0 Å². The van der Waals surface area contributed by atoms with Crippen LogP contribution in [0.5, 0.6) is 0 Å². The highest BCUT2D eigenvalue weighted by atomic mass is 16.2. The molecule has 12 rings (SSSR count). The first-order valence-electron chi connectivity index (χ1n) is 19.1. The molecule has 4 nitrogen and oxygen atoms in total. The fraction of sp³-hybridized carbons (Fsp3) is 0.950. The molecule has 0 radical (unpaired) electrons. The molecule has 244 valence electrons. The van der Waals surface area contributed by atoms with Crippen LogP contribution in [0.3, 0.4) is 0 Å². The number of nitrogens with one attached hydrogen (secondary N) is 2. The summed E-state index contributed by atoms with van der Waals surface area (Å²) in [7, 11) is 0. The molecule has 4 atom stereocenters. The molecule has 0 heterocycles. The Morgan fingerprint density at radius 2 is 0.750 bits per heavy atom. The van der Waals surface area contributed by atoms with Crippen molar-refractivity contribution in [3.05, 3.63) is 0 Å². The smallest absolute Gasteiger partial charge is 0.226 e. The minimum Gasteiger partial charge on any atom is -0.350 e. The zero-order valence-corrected chi connectivity index (χ0v) is 29.0. The van der Waals surface area contributed by atoms with E-state index in [0.29, 0.717) is 34.5 Å². The Morgan fingerprint density at radius 3 is 1.05 bits per heavy atom. The minimum absolute atomic E-state index is 0.00628. The molecule has 4 heteroatoms. The Kier molecular flexibility index (Phi) is 5.62. The van der Waals surface area contributed by atoms with Gasteiger partial charge in [0.1, 0.15) is 0 Å². The summed E-state index contributed by atoms with van der Waals surface area (Å²) >= 11 is 0. The van der Waals surface area contributed by atoms with Gasteiger partial charge in [-0.1, -0.05) is 41.5 Å². The first kappa shape index (κ1) is 29.1. The molecular formula is C40H62N2O2. The predicted octanol–water partition coefficient (Wildman–Crippen LogP) is 8.58. The molecule has 0 saturated heterocycles. The van der Waals surface area contributed by atoms with E-state index >= 15 is 0 Å². The van der Waals surface area contributed by atoms with Crippen molar-refractivity contribution < 1.29 is 9.59 Å². The minimum atomic E-state index is -0.326. The predicted molar refractivity (Wildman–Crippen MR) is 174 cm³/mol. The van der Waals surface area contributed by atoms with Crippen LogP contribution in [0.25, 0.3) is 0 Å². The Labute approximate surface area is 267 Å². The van der Waals surface area contributed by atoms with Gasteiger partial charge in [0.25, 0.3) is 0 Å². The third kappa shape index (κ3) is 3.93. The fourth-order valence-electron chi connectivity index (χ4n) is 16.1. The summed E-state index contributed by atoms with van der Waals surface area (Å²) in [4.78, 5) is 29.6. The van der Waals surface area contributed by atoms with Crippen LogP contribution in [-0.4, -0.2) is 22.9 Å². The standard InChI is InChI=1S/C40H62N2O2/c1-33(2,3)37-14-27-8-28(15-37)19-39(18-27,23-37)41-31(43)35-10-25-7-26(11-35)13-36(12-25,22-35)32(44)42-40-20-29-9-30(21-40)17-38(16-29,24-40)34(4,5)6/h25-30H,7-24H2,1-6H3,(H,41,43)(H,42,44). The van der Waals surface area contributed by atoms with Gasteiger partial charge in [-0.3, -0.25) is 9.59 Å². The van der Waals surface area contributed by atoms with E-state index in [1.165, 1.54) is 83.5 Å². The van der Waals surface area contributed by atoms with Crippen molar-refractivity contribution in [2.45, 2.75) is 168 Å². The molecule has 12 aliphatic carbocycles. The highest BCUT2D eigenvalue weighted by Gasteiger charge is 2.67. The van der Waals surface area contributed by atoms with Crippen LogP contribution in [0.1, 0.15) is 157 Å². The quantitative estimate of drug-likeness (QED) is 0.339. The van der Waals surface area contributed by atoms with Gasteiger partial charge in [-0.15, -0.1) is 0 Å². The van der Waals surface area contributed by atoms with Crippen molar-refractivity contribution in [2.75, 3.05) is 0 Å². The van der Waals surface area contributed by atoms with Crippen molar-refractivity contribution in [3.8, 4) is 0 Å². The van der Waals surface area contributed by atoms with E-state index in [1.807, 2.05) is 0 Å². The van der Waals surface area contributed by atoms with E-state index in [0.717, 1.165) is 55.8 Å². The maximum atomic E-state index is 14.8. The van der Waals surface area contributed by atoms with Gasteiger partial charge < -0.3 is 10.6 Å². The van der Waals surface area contributed by atoms with Gasteiger partial charge in [0, 0.05) is 11.1 Å². The summed E-state index contributed by atoms with van der Waals surface area (Å²) in [5, 5.41) is 7.82. The zero-order valence-electron chi connectivity index (χ0n) is 29.0. The van der Waals surface area contributed by atoms with Crippen LogP contribution < -0.4 is 10.6 Å². The van der Waals surface area contributed by atoms with Crippen molar-refractivity contribution in [2.24, 2.45) is 68.0 Å². The lowest BCUT2D eigenvalue weighted by Gasteiger charge is -2.67. The molecule has 4 unspecified atom stereocenters. The molecule has 44 heavy (non-hydrogen) atoms. The Bertz CT molecular complexity index is 1140. The summed E-state index contributed by atoms with van der Waals surface area (Å²) in [6, 6.07) is 0. The third-order valence-corrected chi connectivity index (χ3v) is 17.1. The van der Waals surface area contributed by atoms with Gasteiger partial charge in [0.2, 0.25) is 11.8 Å². The summed E-state index contributed by atoms with van der Waals surface area (Å²) in [5.41, 5.74) is 0.645. The van der Waals surface area contributed by atoms with Crippen LogP contribution >= 0.6 is 0 Å². The molecule has 2 N–H and O–H groups in total. The molecule has 0 spiro atoms. The monoisotopic (exact) mass is 602 g/mol. The number of amides is 2. The van der Waals surface area contributed by atoms with Crippen molar-refractivity contribution in [1.82, 2.24) is 10.6 Å². The first-order valence-corrected chi connectivity index (χ1v) is 19.1. The van der Waals surface area contributed by atoms with E-state index in [2.05, 4.69) is 52.2 Å². The highest BCUT2D eigenvalue weighted by molar-refractivity contribution is 5.89. The van der Waals surface area contributed by atoms with E-state index in [-0.39, 0.29) is 32.7 Å². The van der Waals surface area contributed by atoms with Crippen LogP contribution in [0, 0.1) is 68.0 Å². The molecule has 2 amide bonds. The van der Waals surface area contributed by atoms with E-state index in [4.69, 9.17) is 0 Å². The van der Waals surface area contributed by atoms with Crippen LogP contribution in [-0.2, 0) is 9.59 Å². The molecule has 0 aromatic rings. The average Bonchev–Trinajstić information content (AvgIpc) is 2.84. The Balaban J connectivity index is 0.980. The first-order chi connectivity index (χ1) is 20.5. The lowest BCUT2D eigenvalue weighted by molar-refractivity contribution is -0.179. The maximum Gasteiger partial charge on any atom is 0.226 e. The average molecular weight is 603 g/mol. The summed E-state index contributed by atoms with van der Waals surface area (Å²) in [6.45, 7) is 14.8. The van der Waals surface area contributed by atoms with Gasteiger partial charge >= 0.3 is 0 Å². The maximum absolute atomic E-state index is 14.8. The topological polar surface area (TPSA) is 58.2 Å². The van der Waals surface area contributed by atoms with E-state index < -0.39 is 0 Å². The molecule has 12 fully saturated rings. The lowest BCUT2D eigenvalue weighted by Crippen LogP contribution is -2.70. The van der Waals surface area contributed by atoms with Gasteiger partial charge in [-0.25, -0.2) is 0 Å². The second-order valence-electron chi connectivity index (χ2n) is 22.0. The largest absolute Gasteiger partial charge is 0.350 e. The highest BCUT2D eigenvalue weighted by Crippen LogP contribution is 2.70. The molecule has 12 saturated carbocycles. The van der Waals surface area contributed by atoms with Crippen molar-refractivity contribution >= 4 is 11.8 Å². The van der Waals surface area contributed by atoms with Gasteiger partial charge in [-0.2, -0.15) is 0 Å². The molecule has 12 aliphatic rings. The third-order valence-electron chi connectivity index (χ3n) is 17.1. The number of carbonyl (C=O) groups is 2. The Hall–Kier alpha value is -1.06. The molecule has 0 aromatic heterocycles. The number of carbonyl (C=O) groups excluding carboxylic acids is 2. The molecule has 12 bridgehead atoms. The number of hydrogen-bond donors (Lipinski definition) is 2. The van der Waals surface area contributed by atoms with Gasteiger partial charge in [0.05, 0.1) is 10.8 Å².